The zero-order valence-corrected chi connectivity index (χ0v) is 16.5. The molecule has 0 saturated heterocycles. The van der Waals surface area contributed by atoms with Crippen LogP contribution in [0.3, 0.4) is 0 Å². The molecule has 1 heteroatoms. The molecule has 0 radical (unpaired) electrons. The first-order chi connectivity index (χ1) is 14.9. The van der Waals surface area contributed by atoms with Gasteiger partial charge in [-0.15, -0.1) is 0 Å². The van der Waals surface area contributed by atoms with Gasteiger partial charge in [-0.25, -0.2) is 0 Å². The van der Waals surface area contributed by atoms with Crippen LogP contribution in [0.1, 0.15) is 22.3 Å². The summed E-state index contributed by atoms with van der Waals surface area (Å²) in [5.41, 5.74) is 4.38. The summed E-state index contributed by atoms with van der Waals surface area (Å²) >= 11 is 0. The van der Waals surface area contributed by atoms with Gasteiger partial charge in [0.15, 0.2) is 0 Å². The fourth-order valence-electron chi connectivity index (χ4n) is 4.89. The molecule has 6 rings (SSSR count). The van der Waals surface area contributed by atoms with Crippen molar-refractivity contribution in [1.29, 1.82) is 0 Å². The van der Waals surface area contributed by atoms with Gasteiger partial charge >= 0.3 is 0 Å². The highest BCUT2D eigenvalue weighted by Gasteiger charge is 2.45. The van der Waals surface area contributed by atoms with Crippen molar-refractivity contribution in [3.63, 3.8) is 0 Å². The van der Waals surface area contributed by atoms with E-state index < -0.39 is 5.41 Å². The van der Waals surface area contributed by atoms with Gasteiger partial charge in [0.1, 0.15) is 11.5 Å². The Hall–Kier alpha value is -3.84. The van der Waals surface area contributed by atoms with Crippen LogP contribution in [-0.4, -0.2) is 0 Å². The van der Waals surface area contributed by atoms with Crippen molar-refractivity contribution in [2.24, 2.45) is 0 Å². The lowest BCUT2D eigenvalue weighted by Gasteiger charge is -2.41. The summed E-state index contributed by atoms with van der Waals surface area (Å²) in [7, 11) is 0. The van der Waals surface area contributed by atoms with Gasteiger partial charge in [0.2, 0.25) is 0 Å². The van der Waals surface area contributed by atoms with Crippen LogP contribution in [-0.2, 0) is 5.41 Å². The number of hydrogen-bond donors (Lipinski definition) is 0. The molecule has 0 N–H and O–H groups in total. The van der Waals surface area contributed by atoms with Crippen LogP contribution < -0.4 is 4.74 Å². The van der Waals surface area contributed by atoms with Crippen LogP contribution in [0.15, 0.2) is 121 Å². The Labute approximate surface area is 176 Å². The molecule has 1 nitrogen and oxygen atoms in total. The van der Waals surface area contributed by atoms with E-state index >= 15 is 0 Å². The smallest absolute Gasteiger partial charge is 0.132 e. The summed E-state index contributed by atoms with van der Waals surface area (Å²) in [4.78, 5) is 0. The highest BCUT2D eigenvalue weighted by atomic mass is 16.5. The van der Waals surface area contributed by atoms with Gasteiger partial charge in [-0.3, -0.25) is 0 Å². The topological polar surface area (TPSA) is 9.23 Å². The van der Waals surface area contributed by atoms with Crippen LogP contribution in [0.25, 0.3) is 10.8 Å². The average Bonchev–Trinajstić information content (AvgIpc) is 2.82. The number of fused-ring (bicyclic) bond motifs is 3. The van der Waals surface area contributed by atoms with Crippen molar-refractivity contribution in [1.82, 2.24) is 0 Å². The van der Waals surface area contributed by atoms with Gasteiger partial charge < -0.3 is 4.74 Å². The third kappa shape index (κ3) is 2.36. The first-order valence-electron chi connectivity index (χ1n) is 10.3. The van der Waals surface area contributed by atoms with Crippen LogP contribution in [0.4, 0.5) is 0 Å². The van der Waals surface area contributed by atoms with Gasteiger partial charge in [-0.2, -0.15) is 0 Å². The normalized spacial score (nSPS) is 13.9. The highest BCUT2D eigenvalue weighted by Crippen LogP contribution is 2.55. The molecule has 0 spiro atoms. The maximum absolute atomic E-state index is 6.48. The second-order valence-corrected chi connectivity index (χ2v) is 7.78. The monoisotopic (exact) mass is 384 g/mol. The molecule has 30 heavy (non-hydrogen) atoms. The molecule has 0 fully saturated rings. The molecule has 0 saturated carbocycles. The van der Waals surface area contributed by atoms with Crippen molar-refractivity contribution in [3.8, 4) is 11.5 Å². The summed E-state index contributed by atoms with van der Waals surface area (Å²) in [6.45, 7) is 0. The summed E-state index contributed by atoms with van der Waals surface area (Å²) < 4.78 is 6.48. The molecule has 0 amide bonds. The molecule has 0 atom stereocenters. The lowest BCUT2D eigenvalue weighted by atomic mass is 9.63. The number of benzene rings is 5. The van der Waals surface area contributed by atoms with Crippen molar-refractivity contribution in [2.45, 2.75) is 5.41 Å². The lowest BCUT2D eigenvalue weighted by molar-refractivity contribution is 0.435. The third-order valence-electron chi connectivity index (χ3n) is 6.18. The number of ether oxygens (including phenoxy) is 1. The first-order valence-corrected chi connectivity index (χ1v) is 10.3. The number of para-hydroxylation sites is 1. The standard InChI is InChI=1S/C29H20O/c1-3-13-23(14-4-1)29(24-15-5-2-6-16-24)25-17-9-10-18-27(25)30-28-20-22-12-8-7-11-21(22)19-26(28)29/h1-20H. The Morgan fingerprint density at radius 2 is 0.967 bits per heavy atom. The zero-order valence-electron chi connectivity index (χ0n) is 16.5. The van der Waals surface area contributed by atoms with E-state index in [0.717, 1.165) is 11.5 Å². The second kappa shape index (κ2) is 6.60. The molecular weight excluding hydrogens is 364 g/mol. The maximum atomic E-state index is 6.48. The highest BCUT2D eigenvalue weighted by molar-refractivity contribution is 5.87. The fourth-order valence-corrected chi connectivity index (χ4v) is 4.89. The van der Waals surface area contributed by atoms with E-state index in [1.165, 1.54) is 33.0 Å². The number of rotatable bonds is 2. The number of hydrogen-bond acceptors (Lipinski definition) is 1. The molecule has 0 aromatic heterocycles. The van der Waals surface area contributed by atoms with Crippen molar-refractivity contribution in [3.05, 3.63) is 144 Å². The molecule has 0 aliphatic carbocycles. The average molecular weight is 384 g/mol. The Morgan fingerprint density at radius 1 is 0.433 bits per heavy atom. The molecule has 142 valence electrons. The van der Waals surface area contributed by atoms with E-state index in [-0.39, 0.29) is 0 Å². The summed E-state index contributed by atoms with van der Waals surface area (Å²) in [5, 5.41) is 2.40. The molecule has 5 aromatic carbocycles. The second-order valence-electron chi connectivity index (χ2n) is 7.78. The van der Waals surface area contributed by atoms with E-state index in [4.69, 9.17) is 4.74 Å². The molecule has 1 aliphatic heterocycles. The van der Waals surface area contributed by atoms with E-state index in [1.807, 2.05) is 6.07 Å². The van der Waals surface area contributed by atoms with Gasteiger partial charge in [-0.1, -0.05) is 103 Å². The predicted octanol–water partition coefficient (Wildman–Crippen LogP) is 7.33. The summed E-state index contributed by atoms with van der Waals surface area (Å²) in [6.07, 6.45) is 0. The van der Waals surface area contributed by atoms with E-state index in [9.17, 15) is 0 Å². The largest absolute Gasteiger partial charge is 0.457 e. The minimum absolute atomic E-state index is 0.448. The van der Waals surface area contributed by atoms with Crippen LogP contribution in [0.5, 0.6) is 11.5 Å². The van der Waals surface area contributed by atoms with E-state index in [2.05, 4.69) is 115 Å². The van der Waals surface area contributed by atoms with E-state index in [1.54, 1.807) is 0 Å². The molecule has 1 aliphatic rings. The van der Waals surface area contributed by atoms with Crippen LogP contribution >= 0.6 is 0 Å². The van der Waals surface area contributed by atoms with E-state index in [0.29, 0.717) is 0 Å². The van der Waals surface area contributed by atoms with Crippen molar-refractivity contribution in [2.75, 3.05) is 0 Å². The van der Waals surface area contributed by atoms with Crippen LogP contribution in [0, 0.1) is 0 Å². The minimum Gasteiger partial charge on any atom is -0.457 e. The Balaban J connectivity index is 1.81. The van der Waals surface area contributed by atoms with Gasteiger partial charge in [0, 0.05) is 11.1 Å². The molecule has 5 aromatic rings. The van der Waals surface area contributed by atoms with Gasteiger partial charge in [-0.05, 0) is 40.1 Å². The van der Waals surface area contributed by atoms with Crippen LogP contribution in [0.2, 0.25) is 0 Å². The Morgan fingerprint density at radius 3 is 1.63 bits per heavy atom. The quantitative estimate of drug-likeness (QED) is 0.304. The first kappa shape index (κ1) is 17.1. The van der Waals surface area contributed by atoms with Gasteiger partial charge in [0.25, 0.3) is 0 Å². The summed E-state index contributed by atoms with van der Waals surface area (Å²) in [6, 6.07) is 43.0. The molecule has 0 bridgehead atoms. The Bertz CT molecular complexity index is 1310. The Kier molecular flexibility index (Phi) is 3.75. The lowest BCUT2D eigenvalue weighted by Crippen LogP contribution is -2.34. The SMILES string of the molecule is c1ccc(C2(c3ccccc3)c3ccccc3Oc3cc4ccccc4cc32)cc1. The van der Waals surface area contributed by atoms with Gasteiger partial charge in [0.05, 0.1) is 5.41 Å². The third-order valence-corrected chi connectivity index (χ3v) is 6.18. The molecule has 1 heterocycles. The summed E-state index contributed by atoms with van der Waals surface area (Å²) in [5.74, 6) is 1.83. The van der Waals surface area contributed by atoms with Crippen molar-refractivity contribution < 1.29 is 4.74 Å². The predicted molar refractivity (Wildman–Crippen MR) is 122 cm³/mol. The zero-order chi connectivity index (χ0) is 20.0. The maximum Gasteiger partial charge on any atom is 0.132 e. The molecular formula is C29H20O. The van der Waals surface area contributed by atoms with Crippen molar-refractivity contribution >= 4 is 10.8 Å². The molecule has 0 unspecified atom stereocenters. The minimum atomic E-state index is -0.448. The fraction of sp³-hybridized carbons (Fsp3) is 0.0345.